The number of halogens is 3. The van der Waals surface area contributed by atoms with Gasteiger partial charge in [-0.05, 0) is 0 Å². The van der Waals surface area contributed by atoms with Crippen molar-refractivity contribution in [3.8, 4) is 0 Å². The van der Waals surface area contributed by atoms with Crippen LogP contribution in [-0.4, -0.2) is 10.2 Å². The van der Waals surface area contributed by atoms with Crippen molar-refractivity contribution in [1.82, 2.24) is 0 Å². The van der Waals surface area contributed by atoms with E-state index in [4.69, 9.17) is 0 Å². The molecule has 1 spiro atoms. The summed E-state index contributed by atoms with van der Waals surface area (Å²) in [5.41, 5.74) is 0. The Bertz CT molecular complexity index is 967. The Balaban J connectivity index is 1.83. The van der Waals surface area contributed by atoms with E-state index in [-0.39, 0.29) is 4.05 Å². The summed E-state index contributed by atoms with van der Waals surface area (Å²) < 4.78 is 40.4. The van der Waals surface area contributed by atoms with Crippen LogP contribution in [0.25, 0.3) is 0 Å². The predicted octanol–water partition coefficient (Wildman–Crippen LogP) is 4.09. The van der Waals surface area contributed by atoms with Crippen molar-refractivity contribution in [2.45, 2.75) is 53.1 Å². The molecule has 0 saturated carbocycles. The van der Waals surface area contributed by atoms with E-state index in [1.807, 2.05) is 0 Å². The zero-order valence-corrected chi connectivity index (χ0v) is 10.4. The van der Waals surface area contributed by atoms with E-state index in [1.165, 1.54) is 0 Å². The summed E-state index contributed by atoms with van der Waals surface area (Å²) in [6.07, 6.45) is -3.82. The van der Waals surface area contributed by atoms with Crippen molar-refractivity contribution >= 4 is 9.24 Å². The topological polar surface area (TPSA) is 0 Å². The monoisotopic (exact) mass is 286 g/mol. The summed E-state index contributed by atoms with van der Waals surface area (Å²) in [6, 6.07) is 0. The first-order valence-corrected chi connectivity index (χ1v) is 13.0. The molecule has 0 aliphatic carbocycles. The van der Waals surface area contributed by atoms with E-state index in [9.17, 15) is 13.2 Å². The van der Waals surface area contributed by atoms with E-state index in [0.717, 1.165) is 28.9 Å². The van der Waals surface area contributed by atoms with Gasteiger partial charge in [-0.15, -0.1) is 0 Å². The van der Waals surface area contributed by atoms with Crippen LogP contribution in [0, 0.1) is 0 Å². The fourth-order valence-corrected chi connectivity index (χ4v) is 102. The van der Waals surface area contributed by atoms with Gasteiger partial charge in [-0.25, -0.2) is 0 Å². The summed E-state index contributed by atoms with van der Waals surface area (Å²) in [5, 5.41) is 0. The molecule has 0 aromatic rings. The Hall–Kier alpha value is 0.739. The van der Waals surface area contributed by atoms with Crippen LogP contribution in [-0.2, 0) is 6.51 Å². The van der Waals surface area contributed by atoms with Gasteiger partial charge in [0, 0.05) is 0 Å². The molecular formula is C11H10F3FeP. The van der Waals surface area contributed by atoms with Crippen molar-refractivity contribution < 1.29 is 19.7 Å². The molecular weight excluding hydrogens is 276 g/mol. The molecule has 10 aliphatic heterocycles. The van der Waals surface area contributed by atoms with Crippen LogP contribution in [0.5, 0.6) is 0 Å². The molecule has 0 N–H and O–H groups in total. The van der Waals surface area contributed by atoms with Gasteiger partial charge in [-0.1, -0.05) is 0 Å². The molecule has 0 bridgehead atoms. The number of fused-ring (bicyclic) bond motifs is 10. The van der Waals surface area contributed by atoms with Crippen LogP contribution < -0.4 is 0 Å². The Kier molecular flexibility index (Phi) is 0.174. The maximum absolute atomic E-state index is 13.9. The van der Waals surface area contributed by atoms with Gasteiger partial charge in [0.1, 0.15) is 0 Å². The van der Waals surface area contributed by atoms with Crippen molar-refractivity contribution in [3.05, 3.63) is 0 Å². The molecule has 10 saturated heterocycles. The third-order valence-electron chi connectivity index (χ3n) is 15.4. The SMILES string of the molecule is FC(F)(F)[C]12[CH]3[CH]4[CH]5[C]1(P)[Fe]45321678[CH]2[CH]1[CH]6[CH]7[CH]28. The molecule has 6 unspecified atom stereocenters. The first-order valence-electron chi connectivity index (χ1n) is 6.25. The fourth-order valence-electron chi connectivity index (χ4n) is 17.5. The molecule has 0 aromatic carbocycles. The third-order valence-corrected chi connectivity index (χ3v) is 63.9. The van der Waals surface area contributed by atoms with Gasteiger partial charge in [0.2, 0.25) is 0 Å². The third kappa shape index (κ3) is 0.0496. The Morgan fingerprint density at radius 1 is 0.875 bits per heavy atom. The van der Waals surface area contributed by atoms with E-state index in [2.05, 4.69) is 9.24 Å². The predicted molar refractivity (Wildman–Crippen MR) is 51.2 cm³/mol. The molecule has 10 fully saturated rings. The standard InChI is InChI=1S/C6H5F3P.C5H5.Fe/c7-6(8,9)4-2-1-3-5(4)10;1-2-4-5-3-1;/h1-3H,10H2;1-5H;. The average molecular weight is 286 g/mol. The second-order valence-corrected chi connectivity index (χ2v) is 35.0. The first kappa shape index (κ1) is 6.26. The molecule has 0 amide bonds. The second-order valence-electron chi connectivity index (χ2n) is 10.3. The van der Waals surface area contributed by atoms with E-state index in [0.29, 0.717) is 9.63 Å². The number of hydrogen-bond donors (Lipinski definition) is 0. The fraction of sp³-hybridized carbons (Fsp3) is 1.00. The molecule has 88 valence electrons. The van der Waals surface area contributed by atoms with Gasteiger partial charge in [-0.2, -0.15) is 0 Å². The number of hydrogen-bond acceptors (Lipinski definition) is 0. The van der Waals surface area contributed by atoms with E-state index >= 15 is 0 Å². The molecule has 10 rings (SSSR count). The first-order chi connectivity index (χ1) is 7.19. The molecule has 6 atom stereocenters. The van der Waals surface area contributed by atoms with Crippen LogP contribution >= 0.6 is 9.24 Å². The summed E-state index contributed by atoms with van der Waals surface area (Å²) in [4.78, 5) is 5.55. The van der Waals surface area contributed by atoms with Gasteiger partial charge in [0.25, 0.3) is 0 Å². The summed E-state index contributed by atoms with van der Waals surface area (Å²) in [7, 11) is 2.89. The molecule has 0 nitrogen and oxygen atoms in total. The van der Waals surface area contributed by atoms with Gasteiger partial charge in [0.15, 0.2) is 0 Å². The van der Waals surface area contributed by atoms with Crippen LogP contribution in [0.4, 0.5) is 13.2 Å². The van der Waals surface area contributed by atoms with Gasteiger partial charge < -0.3 is 0 Å². The zero-order chi connectivity index (χ0) is 10.4. The van der Waals surface area contributed by atoms with Gasteiger partial charge in [-0.3, -0.25) is 0 Å². The van der Waals surface area contributed by atoms with E-state index in [1.54, 1.807) is 0 Å². The molecule has 0 aromatic heterocycles. The average Bonchev–Trinajstić information content (AvgIpc) is 3.09. The molecule has 10 heterocycles. The number of alkyl halides is 3. The number of rotatable bonds is 0. The van der Waals surface area contributed by atoms with Crippen molar-refractivity contribution in [2.24, 2.45) is 0 Å². The van der Waals surface area contributed by atoms with Crippen LogP contribution in [0.2, 0.25) is 42.8 Å². The molecule has 16 heavy (non-hydrogen) atoms. The second kappa shape index (κ2) is 0.444. The summed E-state index contributed by atoms with van der Waals surface area (Å²) >= 11 is 0. The Morgan fingerprint density at radius 2 is 1.38 bits per heavy atom. The van der Waals surface area contributed by atoms with Gasteiger partial charge >= 0.3 is 82.0 Å². The normalized spacial score (nSPS) is 132. The van der Waals surface area contributed by atoms with E-state index < -0.39 is 17.0 Å². The van der Waals surface area contributed by atoms with Crippen LogP contribution in [0.3, 0.4) is 0 Å². The molecule has 5 heteroatoms. The van der Waals surface area contributed by atoms with Crippen LogP contribution in [0.15, 0.2) is 0 Å². The Morgan fingerprint density at radius 3 is 1.44 bits per heavy atom. The summed E-state index contributed by atoms with van der Waals surface area (Å²) in [6.45, 7) is -4.02. The maximum atomic E-state index is 13.9. The minimum absolute atomic E-state index is 0.135. The van der Waals surface area contributed by atoms with Crippen molar-refractivity contribution in [1.29, 1.82) is 0 Å². The quantitative estimate of drug-likeness (QED) is 0.464. The van der Waals surface area contributed by atoms with Crippen LogP contribution in [0.1, 0.15) is 0 Å². The van der Waals surface area contributed by atoms with Gasteiger partial charge in [0.05, 0.1) is 0 Å². The molecule has 0 radical (unpaired) electrons. The van der Waals surface area contributed by atoms with Crippen molar-refractivity contribution in [3.63, 3.8) is 0 Å². The van der Waals surface area contributed by atoms with Crippen molar-refractivity contribution in [2.75, 3.05) is 0 Å². The minimum atomic E-state index is -4.02. The summed E-state index contributed by atoms with van der Waals surface area (Å²) in [5.74, 6) is 0. The zero-order valence-electron chi connectivity index (χ0n) is 8.18. The molecule has 10 aliphatic rings. The Labute approximate surface area is 82.2 Å².